The zero-order valence-corrected chi connectivity index (χ0v) is 18.1. The molecular formula is C17H31BBrN3O5. The fraction of sp³-hybridized carbons (Fsp3) is 0.647. The van der Waals surface area contributed by atoms with Crippen molar-refractivity contribution >= 4 is 28.9 Å². The number of ether oxygens (including phenoxy) is 1. The van der Waals surface area contributed by atoms with Crippen molar-refractivity contribution in [3.05, 3.63) is 17.6 Å². The summed E-state index contributed by atoms with van der Waals surface area (Å²) < 4.78 is 4.86. The van der Waals surface area contributed by atoms with Gasteiger partial charge in [-0.15, -0.1) is 12.8 Å². The average Bonchev–Trinajstić information content (AvgIpc) is 2.84. The first-order valence-corrected chi connectivity index (χ1v) is 9.29. The van der Waals surface area contributed by atoms with Crippen LogP contribution >= 0.6 is 15.9 Å². The monoisotopic (exact) mass is 447 g/mol. The fourth-order valence-corrected chi connectivity index (χ4v) is 2.57. The number of aromatic nitrogens is 2. The number of nitrogen functional groups attached to an aromatic ring is 1. The molecule has 0 saturated carbocycles. The van der Waals surface area contributed by atoms with Crippen molar-refractivity contribution in [3.63, 3.8) is 0 Å². The fourth-order valence-electron chi connectivity index (χ4n) is 2.17. The van der Waals surface area contributed by atoms with E-state index in [1.165, 1.54) is 6.33 Å². The maximum absolute atomic E-state index is 9.56. The highest BCUT2D eigenvalue weighted by Crippen LogP contribution is 2.37. The van der Waals surface area contributed by atoms with Crippen LogP contribution in [0.25, 0.3) is 0 Å². The number of halogens is 1. The summed E-state index contributed by atoms with van der Waals surface area (Å²) in [6.45, 7) is 9.34. The lowest BCUT2D eigenvalue weighted by molar-refractivity contribution is -0.0170. The van der Waals surface area contributed by atoms with E-state index in [4.69, 9.17) is 25.6 Å². The molecular weight excluding hydrogens is 417 g/mol. The number of aryl methyl sites for hydroxylation is 1. The minimum Gasteiger partial charge on any atom is -0.427 e. The zero-order valence-electron chi connectivity index (χ0n) is 16.5. The van der Waals surface area contributed by atoms with Crippen molar-refractivity contribution in [2.45, 2.75) is 63.6 Å². The number of rotatable bonds is 3. The molecule has 1 aromatic rings. The second-order valence-corrected chi connectivity index (χ2v) is 7.31. The van der Waals surface area contributed by atoms with Gasteiger partial charge in [-0.25, -0.2) is 9.97 Å². The molecule has 3 unspecified atom stereocenters. The van der Waals surface area contributed by atoms with Crippen molar-refractivity contribution in [1.82, 2.24) is 9.97 Å². The molecule has 1 aliphatic rings. The van der Waals surface area contributed by atoms with Gasteiger partial charge in [0, 0.05) is 17.6 Å². The number of alkyl halides is 1. The van der Waals surface area contributed by atoms with Gasteiger partial charge in [-0.3, -0.25) is 0 Å². The molecule has 2 heterocycles. The summed E-state index contributed by atoms with van der Waals surface area (Å²) >= 11 is 3.37. The topological polar surface area (TPSA) is 142 Å². The van der Waals surface area contributed by atoms with Gasteiger partial charge in [0.15, 0.2) is 0 Å². The van der Waals surface area contributed by atoms with Crippen LogP contribution in [0.2, 0.25) is 0 Å². The number of terminal acetylenes is 1. The molecule has 0 aromatic carbocycles. The second-order valence-electron chi connectivity index (χ2n) is 5.60. The zero-order chi connectivity index (χ0) is 21.8. The molecule has 0 spiro atoms. The Morgan fingerprint density at radius 1 is 1.33 bits per heavy atom. The third-order valence-corrected chi connectivity index (χ3v) is 4.98. The molecule has 8 nitrogen and oxygen atoms in total. The average molecular weight is 448 g/mol. The Balaban J connectivity index is 0. The van der Waals surface area contributed by atoms with Crippen molar-refractivity contribution in [1.29, 1.82) is 0 Å². The summed E-state index contributed by atoms with van der Waals surface area (Å²) in [4.78, 5) is 7.62. The van der Waals surface area contributed by atoms with Crippen LogP contribution in [-0.2, 0) is 11.1 Å². The summed E-state index contributed by atoms with van der Waals surface area (Å²) in [6, 6.07) is 0. The minimum atomic E-state index is -1.41. The lowest BCUT2D eigenvalue weighted by atomic mass is 9.81. The Bertz CT molecular complexity index is 540. The summed E-state index contributed by atoms with van der Waals surface area (Å²) in [5.74, 6) is 0.301. The predicted molar refractivity (Wildman–Crippen MR) is 111 cm³/mol. The van der Waals surface area contributed by atoms with Gasteiger partial charge in [0.2, 0.25) is 0 Å². The van der Waals surface area contributed by atoms with Crippen LogP contribution in [0.3, 0.4) is 0 Å². The maximum atomic E-state index is 9.56. The minimum absolute atomic E-state index is 0.0680. The molecule has 2 rings (SSSR count). The van der Waals surface area contributed by atoms with E-state index in [0.717, 1.165) is 0 Å². The van der Waals surface area contributed by atoms with E-state index in [2.05, 4.69) is 38.7 Å². The number of nitrogens with two attached hydrogens (primary N) is 1. The van der Waals surface area contributed by atoms with E-state index in [-0.39, 0.29) is 19.0 Å². The molecule has 27 heavy (non-hydrogen) atoms. The van der Waals surface area contributed by atoms with Crippen LogP contribution in [0.1, 0.15) is 39.0 Å². The summed E-state index contributed by atoms with van der Waals surface area (Å²) in [6.07, 6.45) is 8.25. The van der Waals surface area contributed by atoms with Crippen LogP contribution in [-0.4, -0.2) is 66.6 Å². The first-order valence-electron chi connectivity index (χ1n) is 8.49. The smallest absolute Gasteiger partial charge is 0.427 e. The molecule has 1 aromatic heterocycles. The van der Waals surface area contributed by atoms with Crippen LogP contribution in [0, 0.1) is 19.8 Å². The largest absolute Gasteiger partial charge is 0.456 e. The third-order valence-electron chi connectivity index (χ3n) is 3.87. The number of aliphatic hydroxyl groups is 2. The van der Waals surface area contributed by atoms with Gasteiger partial charge in [-0.1, -0.05) is 29.8 Å². The van der Waals surface area contributed by atoms with Crippen LogP contribution in [0.15, 0.2) is 6.33 Å². The Morgan fingerprint density at radius 2 is 1.85 bits per heavy atom. The van der Waals surface area contributed by atoms with Gasteiger partial charge in [-0.2, -0.15) is 0 Å². The Labute approximate surface area is 170 Å². The van der Waals surface area contributed by atoms with Crippen molar-refractivity contribution in [2.24, 2.45) is 0 Å². The van der Waals surface area contributed by atoms with Crippen molar-refractivity contribution < 1.29 is 25.0 Å². The van der Waals surface area contributed by atoms with E-state index in [1.807, 2.05) is 27.7 Å². The van der Waals surface area contributed by atoms with Crippen LogP contribution in [0.5, 0.6) is 0 Å². The predicted octanol–water partition coefficient (Wildman–Crippen LogP) is 0.478. The van der Waals surface area contributed by atoms with Crippen LogP contribution in [0.4, 0.5) is 5.82 Å². The van der Waals surface area contributed by atoms with E-state index in [1.54, 1.807) is 6.92 Å². The first-order chi connectivity index (χ1) is 12.6. The highest BCUT2D eigenvalue weighted by atomic mass is 79.9. The molecule has 1 saturated heterocycles. The number of hydrogen-bond acceptors (Lipinski definition) is 8. The lowest BCUT2D eigenvalue weighted by Gasteiger charge is -2.22. The van der Waals surface area contributed by atoms with E-state index in [9.17, 15) is 5.11 Å². The molecule has 1 aliphatic heterocycles. The number of aliphatic hydroxyl groups excluding tert-OH is 2. The van der Waals surface area contributed by atoms with Crippen LogP contribution < -0.4 is 5.73 Å². The summed E-state index contributed by atoms with van der Waals surface area (Å²) in [7, 11) is -1.41. The highest BCUT2D eigenvalue weighted by Gasteiger charge is 2.48. The first kappa shape index (κ1) is 28.0. The third kappa shape index (κ3) is 8.55. The molecule has 0 aliphatic carbocycles. The number of anilines is 1. The number of hydrogen-bond donors (Lipinski definition) is 5. The van der Waals surface area contributed by atoms with Gasteiger partial charge in [-0.05, 0) is 20.8 Å². The highest BCUT2D eigenvalue weighted by molar-refractivity contribution is 9.10. The molecule has 10 heteroatoms. The summed E-state index contributed by atoms with van der Waals surface area (Å²) in [5, 5.41) is 35.7. The molecule has 6 N–H and O–H groups in total. The van der Waals surface area contributed by atoms with Crippen molar-refractivity contribution in [2.75, 3.05) is 12.3 Å². The normalized spacial score (nSPS) is 25.7. The van der Waals surface area contributed by atoms with Gasteiger partial charge in [0.05, 0.1) is 23.1 Å². The maximum Gasteiger partial charge on any atom is 0.456 e. The molecule has 0 radical (unpaired) electrons. The standard InChI is InChI=1S/C7H13BrO3.C6H10BN3O2.C2H6.C2H2/c1-4-7(2,8)6(10)5(3-9)11-4;1-4-5(2-7(11)12)6(8)10-3-9-4;2*1-2/h4-6,9-10H,3H2,1-2H3;3,11-12H,2H2,1H3,(H2,8,9,10);1-2H3;1-2H/t4-,5?,6?,7?;;;/m0.../s1. The Kier molecular flexibility index (Phi) is 14.4. The SMILES string of the molecule is C#C.CC.C[C@@H]1OC(CO)C(O)C1(C)Br.Cc1ncnc(N)c1CB(O)O. The Morgan fingerprint density at radius 3 is 2.15 bits per heavy atom. The molecule has 0 bridgehead atoms. The number of nitrogens with zero attached hydrogens (tertiary/aromatic N) is 2. The quantitative estimate of drug-likeness (QED) is 0.256. The summed E-state index contributed by atoms with van der Waals surface area (Å²) in [5.41, 5.74) is 6.76. The molecule has 0 amide bonds. The lowest BCUT2D eigenvalue weighted by Crippen LogP contribution is -2.39. The van der Waals surface area contributed by atoms with Gasteiger partial charge in [0.25, 0.3) is 0 Å². The molecule has 154 valence electrons. The van der Waals surface area contributed by atoms with Crippen molar-refractivity contribution in [3.8, 4) is 12.8 Å². The Hall–Kier alpha value is -1.22. The second kappa shape index (κ2) is 13.9. The van der Waals surface area contributed by atoms with E-state index < -0.39 is 23.7 Å². The molecule has 4 atom stereocenters. The van der Waals surface area contributed by atoms with Gasteiger partial charge in [0.1, 0.15) is 18.2 Å². The van der Waals surface area contributed by atoms with E-state index in [0.29, 0.717) is 17.1 Å². The van der Waals surface area contributed by atoms with Gasteiger partial charge >= 0.3 is 7.12 Å². The van der Waals surface area contributed by atoms with E-state index >= 15 is 0 Å². The molecule has 1 fully saturated rings. The van der Waals surface area contributed by atoms with Gasteiger partial charge < -0.3 is 30.7 Å².